The normalized spacial score (nSPS) is 24.7. The van der Waals surface area contributed by atoms with Crippen LogP contribution in [0.15, 0.2) is 23.1 Å². The first-order valence-electron chi connectivity index (χ1n) is 7.98. The second-order valence-electron chi connectivity index (χ2n) is 6.38. The zero-order chi connectivity index (χ0) is 15.7. The van der Waals surface area contributed by atoms with E-state index in [0.29, 0.717) is 25.0 Å². The Balaban J connectivity index is 1.73. The van der Waals surface area contributed by atoms with E-state index in [1.54, 1.807) is 13.0 Å². The van der Waals surface area contributed by atoms with Gasteiger partial charge in [0, 0.05) is 19.1 Å². The van der Waals surface area contributed by atoms with Crippen molar-refractivity contribution in [3.05, 3.63) is 29.6 Å². The Hall–Kier alpha value is -0.980. The molecule has 1 aromatic rings. The van der Waals surface area contributed by atoms with Crippen LogP contribution in [0.3, 0.4) is 0 Å². The van der Waals surface area contributed by atoms with E-state index in [4.69, 9.17) is 0 Å². The topological polar surface area (TPSA) is 49.4 Å². The smallest absolute Gasteiger partial charge is 0.245 e. The van der Waals surface area contributed by atoms with Gasteiger partial charge in [-0.15, -0.1) is 0 Å². The minimum atomic E-state index is -3.72. The van der Waals surface area contributed by atoms with Crippen molar-refractivity contribution in [2.45, 2.75) is 43.5 Å². The van der Waals surface area contributed by atoms with Gasteiger partial charge < -0.3 is 5.32 Å². The number of rotatable bonds is 3. The Kier molecular flexibility index (Phi) is 4.52. The molecule has 2 fully saturated rings. The van der Waals surface area contributed by atoms with Crippen LogP contribution in [0, 0.1) is 18.7 Å². The van der Waals surface area contributed by atoms with Gasteiger partial charge in [-0.2, -0.15) is 4.31 Å². The molecular weight excluding hydrogens is 303 g/mol. The van der Waals surface area contributed by atoms with Crippen molar-refractivity contribution in [3.8, 4) is 0 Å². The van der Waals surface area contributed by atoms with Crippen LogP contribution in [0.5, 0.6) is 0 Å². The van der Waals surface area contributed by atoms with Gasteiger partial charge in [0.25, 0.3) is 0 Å². The monoisotopic (exact) mass is 326 g/mol. The van der Waals surface area contributed by atoms with Crippen LogP contribution < -0.4 is 5.32 Å². The first-order valence-corrected chi connectivity index (χ1v) is 9.42. The lowest BCUT2D eigenvalue weighted by Crippen LogP contribution is -2.43. The first-order chi connectivity index (χ1) is 10.5. The lowest BCUT2D eigenvalue weighted by molar-refractivity contribution is 0.233. The Morgan fingerprint density at radius 2 is 1.95 bits per heavy atom. The molecule has 0 aromatic heterocycles. The van der Waals surface area contributed by atoms with Crippen molar-refractivity contribution in [1.82, 2.24) is 9.62 Å². The molecule has 2 aliphatic heterocycles. The highest BCUT2D eigenvalue weighted by Crippen LogP contribution is 2.29. The summed E-state index contributed by atoms with van der Waals surface area (Å²) in [6, 6.07) is 4.78. The molecule has 22 heavy (non-hydrogen) atoms. The molecule has 1 aromatic carbocycles. The highest BCUT2D eigenvalue weighted by Gasteiger charge is 2.34. The van der Waals surface area contributed by atoms with E-state index in [9.17, 15) is 12.8 Å². The molecule has 0 saturated carbocycles. The molecule has 0 amide bonds. The number of hydrogen-bond acceptors (Lipinski definition) is 3. The lowest BCUT2D eigenvalue weighted by Gasteiger charge is -2.34. The van der Waals surface area contributed by atoms with E-state index in [2.05, 4.69) is 5.32 Å². The largest absolute Gasteiger partial charge is 0.314 e. The molecule has 6 heteroatoms. The van der Waals surface area contributed by atoms with Crippen LogP contribution in [0.1, 0.15) is 31.2 Å². The zero-order valence-corrected chi connectivity index (χ0v) is 13.7. The van der Waals surface area contributed by atoms with Crippen molar-refractivity contribution >= 4 is 10.0 Å². The third-order valence-electron chi connectivity index (χ3n) is 4.87. The first kappa shape index (κ1) is 15.9. The van der Waals surface area contributed by atoms with Crippen LogP contribution in [0.2, 0.25) is 0 Å². The Morgan fingerprint density at radius 3 is 2.59 bits per heavy atom. The average Bonchev–Trinajstić information content (AvgIpc) is 3.04. The Bertz CT molecular complexity index is 634. The number of nitrogens with zero attached hydrogens (tertiary/aromatic N) is 1. The Labute approximate surface area is 131 Å². The molecule has 1 N–H and O–H groups in total. The van der Waals surface area contributed by atoms with Crippen molar-refractivity contribution in [1.29, 1.82) is 0 Å². The molecule has 2 saturated heterocycles. The molecule has 122 valence electrons. The summed E-state index contributed by atoms with van der Waals surface area (Å²) in [4.78, 5) is -0.190. The van der Waals surface area contributed by atoms with Gasteiger partial charge in [0.1, 0.15) is 10.7 Å². The SMILES string of the molecule is Cc1ccc(F)c(S(=O)(=O)N2CCC(C3CCCN3)CC2)c1. The summed E-state index contributed by atoms with van der Waals surface area (Å²) >= 11 is 0. The summed E-state index contributed by atoms with van der Waals surface area (Å²) in [5, 5.41) is 3.50. The third-order valence-corrected chi connectivity index (χ3v) is 6.78. The number of nitrogens with one attached hydrogen (secondary N) is 1. The van der Waals surface area contributed by atoms with Gasteiger partial charge in [0.2, 0.25) is 10.0 Å². The lowest BCUT2D eigenvalue weighted by atomic mass is 9.89. The summed E-state index contributed by atoms with van der Waals surface area (Å²) < 4.78 is 40.7. The quantitative estimate of drug-likeness (QED) is 0.927. The molecule has 1 unspecified atom stereocenters. The molecule has 4 nitrogen and oxygen atoms in total. The number of sulfonamides is 1. The summed E-state index contributed by atoms with van der Waals surface area (Å²) in [6.45, 7) is 3.81. The fourth-order valence-electron chi connectivity index (χ4n) is 3.58. The molecule has 2 aliphatic rings. The second kappa shape index (κ2) is 6.26. The fourth-order valence-corrected chi connectivity index (χ4v) is 5.20. The summed E-state index contributed by atoms with van der Waals surface area (Å²) in [6.07, 6.45) is 4.09. The van der Waals surface area contributed by atoms with Crippen LogP contribution in [-0.4, -0.2) is 38.4 Å². The predicted octanol–water partition coefficient (Wildman–Crippen LogP) is 2.29. The Morgan fingerprint density at radius 1 is 1.23 bits per heavy atom. The number of benzene rings is 1. The number of aryl methyl sites for hydroxylation is 1. The van der Waals surface area contributed by atoms with Crippen LogP contribution in [0.25, 0.3) is 0 Å². The summed E-state index contributed by atoms with van der Waals surface area (Å²) in [5.41, 5.74) is 0.755. The molecule has 3 rings (SSSR count). The standard InChI is InChI=1S/C16H23FN2O2S/c1-12-4-5-14(17)16(11-12)22(20,21)19-9-6-13(7-10-19)15-3-2-8-18-15/h4-5,11,13,15,18H,2-3,6-10H2,1H3. The van der Waals surface area contributed by atoms with Gasteiger partial charge in [0.15, 0.2) is 0 Å². The van der Waals surface area contributed by atoms with E-state index in [1.165, 1.54) is 29.3 Å². The maximum Gasteiger partial charge on any atom is 0.245 e. The van der Waals surface area contributed by atoms with Crippen LogP contribution in [0.4, 0.5) is 4.39 Å². The number of hydrogen-bond donors (Lipinski definition) is 1. The summed E-state index contributed by atoms with van der Waals surface area (Å²) in [5.74, 6) is -0.124. The van der Waals surface area contributed by atoms with Crippen LogP contribution >= 0.6 is 0 Å². The van der Waals surface area contributed by atoms with Crippen molar-refractivity contribution in [2.24, 2.45) is 5.92 Å². The highest BCUT2D eigenvalue weighted by molar-refractivity contribution is 7.89. The van der Waals surface area contributed by atoms with Gasteiger partial charge in [-0.3, -0.25) is 0 Å². The maximum atomic E-state index is 13.9. The van der Waals surface area contributed by atoms with E-state index in [0.717, 1.165) is 24.9 Å². The highest BCUT2D eigenvalue weighted by atomic mass is 32.2. The predicted molar refractivity (Wildman–Crippen MR) is 83.6 cm³/mol. The van der Waals surface area contributed by atoms with Gasteiger partial charge in [-0.1, -0.05) is 6.07 Å². The molecule has 0 aliphatic carbocycles. The van der Waals surface area contributed by atoms with Crippen molar-refractivity contribution in [2.75, 3.05) is 19.6 Å². The summed E-state index contributed by atoms with van der Waals surface area (Å²) in [7, 11) is -3.72. The molecule has 0 spiro atoms. The van der Waals surface area contributed by atoms with E-state index in [1.807, 2.05) is 0 Å². The van der Waals surface area contributed by atoms with Gasteiger partial charge >= 0.3 is 0 Å². The molecule has 2 heterocycles. The minimum Gasteiger partial charge on any atom is -0.314 e. The van der Waals surface area contributed by atoms with E-state index >= 15 is 0 Å². The van der Waals surface area contributed by atoms with E-state index < -0.39 is 15.8 Å². The fraction of sp³-hybridized carbons (Fsp3) is 0.625. The third kappa shape index (κ3) is 3.05. The van der Waals surface area contributed by atoms with Gasteiger partial charge in [-0.05, 0) is 62.8 Å². The molecule has 0 radical (unpaired) electrons. The molecular formula is C16H23FN2O2S. The number of halogens is 1. The van der Waals surface area contributed by atoms with Crippen molar-refractivity contribution in [3.63, 3.8) is 0 Å². The van der Waals surface area contributed by atoms with Gasteiger partial charge in [0.05, 0.1) is 0 Å². The van der Waals surface area contributed by atoms with Gasteiger partial charge in [-0.25, -0.2) is 12.8 Å². The average molecular weight is 326 g/mol. The maximum absolute atomic E-state index is 13.9. The second-order valence-corrected chi connectivity index (χ2v) is 8.28. The zero-order valence-electron chi connectivity index (χ0n) is 12.9. The van der Waals surface area contributed by atoms with E-state index in [-0.39, 0.29) is 4.90 Å². The minimum absolute atomic E-state index is 0.190. The van der Waals surface area contributed by atoms with Crippen molar-refractivity contribution < 1.29 is 12.8 Å². The number of piperidine rings is 1. The molecule has 1 atom stereocenters. The molecule has 0 bridgehead atoms. The van der Waals surface area contributed by atoms with Crippen LogP contribution in [-0.2, 0) is 10.0 Å².